The third kappa shape index (κ3) is 6.53. The van der Waals surface area contributed by atoms with Gasteiger partial charge >= 0.3 is 5.69 Å². The van der Waals surface area contributed by atoms with E-state index in [1.54, 1.807) is 0 Å². The molecule has 0 saturated carbocycles. The molecule has 0 aliphatic carbocycles. The smallest absolute Gasteiger partial charge is 0.330 e. The molecule has 0 unspecified atom stereocenters. The van der Waals surface area contributed by atoms with Crippen LogP contribution < -0.4 is 16.0 Å². The minimum Gasteiger partial charge on any atom is -0.382 e. The average Bonchev–Trinajstić information content (AvgIpc) is 2.52. The van der Waals surface area contributed by atoms with Gasteiger partial charge in [0.15, 0.2) is 6.23 Å². The van der Waals surface area contributed by atoms with E-state index in [1.165, 1.54) is 38.1 Å². The Labute approximate surface area is 139 Å². The van der Waals surface area contributed by atoms with Crippen LogP contribution in [0.15, 0.2) is 21.9 Å². The van der Waals surface area contributed by atoms with Crippen LogP contribution in [0, 0.1) is 0 Å². The molecule has 0 aromatic carbocycles. The predicted molar refractivity (Wildman–Crippen MR) is 86.4 cm³/mol. The number of hydrogen-bond acceptors (Lipinski definition) is 7. The Morgan fingerprint density at radius 2 is 1.92 bits per heavy atom. The number of nitrogens with zero attached hydrogens (tertiary/aromatic N) is 1. The van der Waals surface area contributed by atoms with Gasteiger partial charge in [0.2, 0.25) is 10.0 Å². The van der Waals surface area contributed by atoms with Crippen molar-refractivity contribution < 1.29 is 22.6 Å². The number of nitrogens with one attached hydrogen (secondary N) is 2. The van der Waals surface area contributed by atoms with Gasteiger partial charge in [-0.3, -0.25) is 14.3 Å². The van der Waals surface area contributed by atoms with Gasteiger partial charge in [-0.1, -0.05) is 0 Å². The zero-order valence-corrected chi connectivity index (χ0v) is 14.7. The standard InChI is InChI=1S/C13H23N3O7S/c1-14-24(19,20)7-5-10(8-21-2)23-12(9-22-3)16-6-4-11(17)15-13(16)18/h4,6,10,12,14H,5,7-9H2,1-3H3,(H,15,17,18)/t10-,12-/m1/s1. The number of rotatable bonds is 11. The number of aromatic amines is 1. The molecular weight excluding hydrogens is 342 g/mol. The Bertz CT molecular complexity index is 713. The van der Waals surface area contributed by atoms with Gasteiger partial charge in [0.1, 0.15) is 0 Å². The molecule has 1 heterocycles. The molecule has 24 heavy (non-hydrogen) atoms. The van der Waals surface area contributed by atoms with Crippen molar-refractivity contribution in [3.8, 4) is 0 Å². The van der Waals surface area contributed by atoms with Crippen molar-refractivity contribution >= 4 is 10.0 Å². The van der Waals surface area contributed by atoms with Gasteiger partial charge in [-0.05, 0) is 13.5 Å². The molecule has 11 heteroatoms. The lowest BCUT2D eigenvalue weighted by molar-refractivity contribution is -0.110. The van der Waals surface area contributed by atoms with E-state index in [4.69, 9.17) is 14.2 Å². The maximum Gasteiger partial charge on any atom is 0.330 e. The summed E-state index contributed by atoms with van der Waals surface area (Å²) in [6.07, 6.45) is 0.0304. The van der Waals surface area contributed by atoms with E-state index < -0.39 is 33.6 Å². The SMILES string of the molecule is CNS(=O)(=O)CC[C@H](COC)O[C@H](COC)n1ccc(=O)[nH]c1=O. The van der Waals surface area contributed by atoms with Gasteiger partial charge in [-0.15, -0.1) is 0 Å². The van der Waals surface area contributed by atoms with Crippen LogP contribution in [0.4, 0.5) is 0 Å². The van der Waals surface area contributed by atoms with Crippen molar-refractivity contribution in [2.24, 2.45) is 0 Å². The fourth-order valence-electron chi connectivity index (χ4n) is 1.97. The van der Waals surface area contributed by atoms with E-state index in [0.717, 1.165) is 0 Å². The van der Waals surface area contributed by atoms with Crippen molar-refractivity contribution in [3.05, 3.63) is 33.1 Å². The van der Waals surface area contributed by atoms with Crippen LogP contribution in [0.3, 0.4) is 0 Å². The number of sulfonamides is 1. The molecule has 0 amide bonds. The molecule has 1 rings (SSSR count). The lowest BCUT2D eigenvalue weighted by atomic mass is 10.3. The average molecular weight is 365 g/mol. The molecule has 1 aromatic heterocycles. The van der Waals surface area contributed by atoms with Crippen LogP contribution >= 0.6 is 0 Å². The van der Waals surface area contributed by atoms with Gasteiger partial charge in [0.05, 0.1) is 25.1 Å². The topological polar surface area (TPSA) is 129 Å². The summed E-state index contributed by atoms with van der Waals surface area (Å²) in [6, 6.07) is 1.18. The monoisotopic (exact) mass is 365 g/mol. The van der Waals surface area contributed by atoms with Crippen LogP contribution in [0.2, 0.25) is 0 Å². The fourth-order valence-corrected chi connectivity index (χ4v) is 2.75. The molecular formula is C13H23N3O7S. The summed E-state index contributed by atoms with van der Waals surface area (Å²) in [5, 5.41) is 0. The molecule has 0 saturated heterocycles. The summed E-state index contributed by atoms with van der Waals surface area (Å²) in [7, 11) is 0.829. The van der Waals surface area contributed by atoms with E-state index in [2.05, 4.69) is 9.71 Å². The molecule has 0 fully saturated rings. The number of H-pyrrole nitrogens is 1. The molecule has 10 nitrogen and oxygen atoms in total. The highest BCUT2D eigenvalue weighted by molar-refractivity contribution is 7.89. The molecule has 138 valence electrons. The van der Waals surface area contributed by atoms with Gasteiger partial charge in [0.25, 0.3) is 5.56 Å². The Balaban J connectivity index is 2.92. The van der Waals surface area contributed by atoms with Crippen molar-refractivity contribution in [3.63, 3.8) is 0 Å². The molecule has 0 bridgehead atoms. The summed E-state index contributed by atoms with van der Waals surface area (Å²) >= 11 is 0. The predicted octanol–water partition coefficient (Wildman–Crippen LogP) is -1.35. The van der Waals surface area contributed by atoms with Crippen LogP contribution in [0.25, 0.3) is 0 Å². The summed E-state index contributed by atoms with van der Waals surface area (Å²) in [5.41, 5.74) is -1.18. The Kier molecular flexibility index (Phi) is 8.28. The normalized spacial score (nSPS) is 14.5. The second-order valence-electron chi connectivity index (χ2n) is 4.95. The molecule has 0 aliphatic heterocycles. The first-order valence-corrected chi connectivity index (χ1v) is 8.84. The summed E-state index contributed by atoms with van der Waals surface area (Å²) in [5.74, 6) is -0.155. The quantitative estimate of drug-likeness (QED) is 0.496. The number of hydrogen-bond donors (Lipinski definition) is 2. The lowest BCUT2D eigenvalue weighted by Gasteiger charge is -2.25. The van der Waals surface area contributed by atoms with E-state index in [0.29, 0.717) is 0 Å². The van der Waals surface area contributed by atoms with Crippen LogP contribution in [-0.2, 0) is 24.2 Å². The van der Waals surface area contributed by atoms with Crippen molar-refractivity contribution in [1.29, 1.82) is 0 Å². The molecule has 0 radical (unpaired) electrons. The minimum atomic E-state index is -3.39. The highest BCUT2D eigenvalue weighted by Gasteiger charge is 2.21. The van der Waals surface area contributed by atoms with Gasteiger partial charge < -0.3 is 14.2 Å². The molecule has 0 aliphatic rings. The van der Waals surface area contributed by atoms with Crippen molar-refractivity contribution in [2.45, 2.75) is 18.8 Å². The second kappa shape index (κ2) is 9.69. The molecule has 2 N–H and O–H groups in total. The zero-order chi connectivity index (χ0) is 18.2. The summed E-state index contributed by atoms with van der Waals surface area (Å²) in [4.78, 5) is 25.2. The van der Waals surface area contributed by atoms with Crippen LogP contribution in [0.1, 0.15) is 12.6 Å². The number of ether oxygens (including phenoxy) is 3. The van der Waals surface area contributed by atoms with E-state index in [9.17, 15) is 18.0 Å². The highest BCUT2D eigenvalue weighted by Crippen LogP contribution is 2.13. The molecule has 1 aromatic rings. The minimum absolute atomic E-state index is 0.0327. The third-order valence-corrected chi connectivity index (χ3v) is 4.59. The summed E-state index contributed by atoms with van der Waals surface area (Å²) in [6.45, 7) is 0.169. The fraction of sp³-hybridized carbons (Fsp3) is 0.692. The van der Waals surface area contributed by atoms with Crippen LogP contribution in [0.5, 0.6) is 0 Å². The molecule has 0 spiro atoms. The van der Waals surface area contributed by atoms with Crippen molar-refractivity contribution in [2.75, 3.05) is 40.2 Å². The third-order valence-electron chi connectivity index (χ3n) is 3.19. The van der Waals surface area contributed by atoms with E-state index in [-0.39, 0.29) is 25.4 Å². The highest BCUT2D eigenvalue weighted by atomic mass is 32.2. The number of methoxy groups -OCH3 is 2. The Hall–Kier alpha value is -1.53. The second-order valence-corrected chi connectivity index (χ2v) is 7.00. The number of aromatic nitrogens is 2. The Morgan fingerprint density at radius 1 is 1.25 bits per heavy atom. The van der Waals surface area contributed by atoms with Gasteiger partial charge in [-0.25, -0.2) is 17.9 Å². The lowest BCUT2D eigenvalue weighted by Crippen LogP contribution is -2.37. The van der Waals surface area contributed by atoms with E-state index in [1.807, 2.05) is 0 Å². The maximum atomic E-state index is 11.9. The van der Waals surface area contributed by atoms with Crippen molar-refractivity contribution in [1.82, 2.24) is 14.3 Å². The maximum absolute atomic E-state index is 11.9. The summed E-state index contributed by atoms with van der Waals surface area (Å²) < 4.78 is 42.4. The molecule has 2 atom stereocenters. The van der Waals surface area contributed by atoms with Gasteiger partial charge in [-0.2, -0.15) is 0 Å². The Morgan fingerprint density at radius 3 is 2.46 bits per heavy atom. The van der Waals surface area contributed by atoms with Crippen LogP contribution in [-0.4, -0.2) is 64.3 Å². The largest absolute Gasteiger partial charge is 0.382 e. The zero-order valence-electron chi connectivity index (χ0n) is 13.9. The van der Waals surface area contributed by atoms with E-state index >= 15 is 0 Å². The first kappa shape index (κ1) is 20.5. The first-order chi connectivity index (χ1) is 11.3. The van der Waals surface area contributed by atoms with Gasteiger partial charge in [0, 0.05) is 26.5 Å². The first-order valence-electron chi connectivity index (χ1n) is 7.19.